The first kappa shape index (κ1) is 18.6. The molecule has 0 aliphatic heterocycles. The van der Waals surface area contributed by atoms with Crippen molar-refractivity contribution >= 4 is 33.6 Å². The normalized spacial score (nSPS) is 11.4. The molecule has 2 aromatic carbocycles. The molecular formula is C22H14FN3O2S. The molecule has 142 valence electrons. The minimum Gasteiger partial charge on any atom is -0.422 e. The molecule has 0 bridgehead atoms. The number of nitriles is 1. The number of aromatic nitrogens is 1. The van der Waals surface area contributed by atoms with E-state index in [9.17, 15) is 14.4 Å². The van der Waals surface area contributed by atoms with Gasteiger partial charge in [-0.15, -0.1) is 11.3 Å². The number of nitrogens with zero attached hydrogens (tertiary/aromatic N) is 2. The van der Waals surface area contributed by atoms with Crippen molar-refractivity contribution in [3.05, 3.63) is 86.9 Å². The fraction of sp³-hybridized carbons (Fsp3) is 0.0455. The van der Waals surface area contributed by atoms with Gasteiger partial charge in [-0.2, -0.15) is 5.26 Å². The Morgan fingerprint density at radius 1 is 1.28 bits per heavy atom. The summed E-state index contributed by atoms with van der Waals surface area (Å²) in [6, 6.07) is 15.4. The molecule has 2 heterocycles. The first-order valence-corrected chi connectivity index (χ1v) is 9.55. The zero-order chi connectivity index (χ0) is 20.4. The molecular weight excluding hydrogens is 389 g/mol. The molecule has 5 nitrogen and oxygen atoms in total. The molecule has 0 saturated carbocycles. The van der Waals surface area contributed by atoms with Gasteiger partial charge in [0.15, 0.2) is 0 Å². The highest BCUT2D eigenvalue weighted by atomic mass is 32.1. The van der Waals surface area contributed by atoms with Gasteiger partial charge in [0.1, 0.15) is 28.1 Å². The van der Waals surface area contributed by atoms with Gasteiger partial charge in [-0.1, -0.05) is 24.3 Å². The van der Waals surface area contributed by atoms with Crippen molar-refractivity contribution in [3.8, 4) is 17.3 Å². The molecule has 0 atom stereocenters. The molecule has 4 rings (SSSR count). The monoisotopic (exact) mass is 403 g/mol. The number of nitrogens with one attached hydrogen (secondary N) is 1. The molecule has 7 heteroatoms. The van der Waals surface area contributed by atoms with Crippen LogP contribution in [0.4, 0.5) is 10.1 Å². The van der Waals surface area contributed by atoms with Gasteiger partial charge in [0, 0.05) is 22.7 Å². The predicted molar refractivity (Wildman–Crippen MR) is 112 cm³/mol. The van der Waals surface area contributed by atoms with Crippen LogP contribution in [0.3, 0.4) is 0 Å². The van der Waals surface area contributed by atoms with Crippen LogP contribution in [-0.4, -0.2) is 4.98 Å². The van der Waals surface area contributed by atoms with E-state index in [1.807, 2.05) is 19.1 Å². The molecule has 0 radical (unpaired) electrons. The summed E-state index contributed by atoms with van der Waals surface area (Å²) in [6.07, 6.45) is 1.48. The number of benzene rings is 2. The Hall–Kier alpha value is -3.76. The second kappa shape index (κ2) is 7.70. The van der Waals surface area contributed by atoms with E-state index < -0.39 is 5.63 Å². The third-order valence-electron chi connectivity index (χ3n) is 4.34. The summed E-state index contributed by atoms with van der Waals surface area (Å²) in [5.74, 6) is -0.371. The Bertz CT molecular complexity index is 1350. The molecule has 0 spiro atoms. The number of rotatable bonds is 4. The maximum absolute atomic E-state index is 13.4. The number of hydrogen-bond donors (Lipinski definition) is 1. The third-order valence-corrected chi connectivity index (χ3v) is 5.22. The predicted octanol–water partition coefficient (Wildman–Crippen LogP) is 5.34. The highest BCUT2D eigenvalue weighted by Crippen LogP contribution is 2.26. The van der Waals surface area contributed by atoms with Crippen LogP contribution in [0.15, 0.2) is 69.3 Å². The van der Waals surface area contributed by atoms with Crippen molar-refractivity contribution < 1.29 is 8.81 Å². The number of thiazole rings is 1. The minimum atomic E-state index is -0.489. The van der Waals surface area contributed by atoms with Gasteiger partial charge in [0.05, 0.1) is 11.3 Å². The van der Waals surface area contributed by atoms with Gasteiger partial charge in [-0.05, 0) is 36.8 Å². The average Bonchev–Trinajstić information content (AvgIpc) is 3.20. The number of para-hydroxylation sites is 1. The fourth-order valence-corrected chi connectivity index (χ4v) is 3.59. The molecule has 0 amide bonds. The maximum atomic E-state index is 13.4. The smallest absolute Gasteiger partial charge is 0.345 e. The lowest BCUT2D eigenvalue weighted by atomic mass is 10.1. The minimum absolute atomic E-state index is 0.273. The van der Waals surface area contributed by atoms with Crippen LogP contribution in [0.2, 0.25) is 0 Å². The van der Waals surface area contributed by atoms with E-state index in [2.05, 4.69) is 16.4 Å². The Balaban J connectivity index is 1.67. The van der Waals surface area contributed by atoms with Crippen molar-refractivity contribution in [1.29, 1.82) is 5.26 Å². The molecule has 4 aromatic rings. The summed E-state index contributed by atoms with van der Waals surface area (Å²) in [5.41, 5.74) is 2.46. The molecule has 0 fully saturated rings. The summed E-state index contributed by atoms with van der Waals surface area (Å²) in [4.78, 5) is 16.8. The van der Waals surface area contributed by atoms with Crippen molar-refractivity contribution in [2.75, 3.05) is 5.32 Å². The van der Waals surface area contributed by atoms with Crippen LogP contribution < -0.4 is 10.9 Å². The topological polar surface area (TPSA) is 78.9 Å². The molecule has 0 unspecified atom stereocenters. The lowest BCUT2D eigenvalue weighted by Gasteiger charge is -2.05. The van der Waals surface area contributed by atoms with Gasteiger partial charge in [0.2, 0.25) is 0 Å². The van der Waals surface area contributed by atoms with E-state index in [1.165, 1.54) is 29.7 Å². The highest BCUT2D eigenvalue weighted by molar-refractivity contribution is 7.11. The van der Waals surface area contributed by atoms with Gasteiger partial charge in [-0.3, -0.25) is 0 Å². The van der Waals surface area contributed by atoms with Crippen molar-refractivity contribution in [2.45, 2.75) is 6.92 Å². The summed E-state index contributed by atoms with van der Waals surface area (Å²) < 4.78 is 18.8. The Morgan fingerprint density at radius 2 is 2.10 bits per heavy atom. The van der Waals surface area contributed by atoms with Crippen LogP contribution in [0.1, 0.15) is 10.6 Å². The van der Waals surface area contributed by atoms with E-state index in [0.717, 1.165) is 10.9 Å². The number of halogens is 1. The SMILES string of the molecule is Cc1ccc(F)cc1N/C=C(\C#N)c1nc(-c2cc3ccccc3oc2=O)cs1. The van der Waals surface area contributed by atoms with Gasteiger partial charge in [0.25, 0.3) is 0 Å². The fourth-order valence-electron chi connectivity index (χ4n) is 2.80. The second-order valence-electron chi connectivity index (χ2n) is 6.30. The van der Waals surface area contributed by atoms with Crippen molar-refractivity contribution in [1.82, 2.24) is 4.98 Å². The van der Waals surface area contributed by atoms with Gasteiger partial charge in [-0.25, -0.2) is 14.2 Å². The Kier molecular flexibility index (Phi) is 4.94. The molecule has 1 N–H and O–H groups in total. The zero-order valence-electron chi connectivity index (χ0n) is 15.3. The van der Waals surface area contributed by atoms with Crippen LogP contribution in [0.5, 0.6) is 0 Å². The number of anilines is 1. The van der Waals surface area contributed by atoms with E-state index in [1.54, 1.807) is 29.6 Å². The van der Waals surface area contributed by atoms with Crippen LogP contribution in [0.25, 0.3) is 27.8 Å². The molecule has 0 aliphatic rings. The third kappa shape index (κ3) is 3.79. The largest absolute Gasteiger partial charge is 0.422 e. The highest BCUT2D eigenvalue weighted by Gasteiger charge is 2.14. The lowest BCUT2D eigenvalue weighted by Crippen LogP contribution is -2.02. The van der Waals surface area contributed by atoms with Crippen LogP contribution in [0, 0.1) is 24.1 Å². The van der Waals surface area contributed by atoms with Crippen molar-refractivity contribution in [3.63, 3.8) is 0 Å². The molecule has 0 aliphatic carbocycles. The lowest BCUT2D eigenvalue weighted by molar-refractivity contribution is 0.563. The van der Waals surface area contributed by atoms with E-state index in [0.29, 0.717) is 27.5 Å². The van der Waals surface area contributed by atoms with E-state index >= 15 is 0 Å². The van der Waals surface area contributed by atoms with E-state index in [4.69, 9.17) is 4.42 Å². The average molecular weight is 403 g/mol. The summed E-state index contributed by atoms with van der Waals surface area (Å²) in [6.45, 7) is 1.84. The Labute approximate surface area is 169 Å². The molecule has 2 aromatic heterocycles. The first-order valence-electron chi connectivity index (χ1n) is 8.67. The van der Waals surface area contributed by atoms with E-state index in [-0.39, 0.29) is 11.4 Å². The quantitative estimate of drug-likeness (QED) is 0.367. The van der Waals surface area contributed by atoms with Crippen LogP contribution >= 0.6 is 11.3 Å². The first-order chi connectivity index (χ1) is 14.0. The molecule has 0 saturated heterocycles. The van der Waals surface area contributed by atoms with Crippen LogP contribution in [-0.2, 0) is 0 Å². The number of hydrogen-bond acceptors (Lipinski definition) is 6. The second-order valence-corrected chi connectivity index (χ2v) is 7.15. The maximum Gasteiger partial charge on any atom is 0.345 e. The number of fused-ring (bicyclic) bond motifs is 1. The summed E-state index contributed by atoms with van der Waals surface area (Å²) >= 11 is 1.24. The van der Waals surface area contributed by atoms with Gasteiger partial charge >= 0.3 is 5.63 Å². The summed E-state index contributed by atoms with van der Waals surface area (Å²) in [7, 11) is 0. The number of aryl methyl sites for hydroxylation is 1. The standard InChI is InChI=1S/C22H14FN3O2S/c1-13-6-7-16(23)9-18(13)25-11-15(10-24)21-26-19(12-29-21)17-8-14-4-2-3-5-20(14)28-22(17)27/h2-9,11-12,25H,1H3/b15-11+. The summed E-state index contributed by atoms with van der Waals surface area (Å²) in [5, 5.41) is 15.4. The number of allylic oxidation sites excluding steroid dienone is 1. The zero-order valence-corrected chi connectivity index (χ0v) is 16.1. The van der Waals surface area contributed by atoms with Crippen molar-refractivity contribution in [2.24, 2.45) is 0 Å². The Morgan fingerprint density at radius 3 is 2.93 bits per heavy atom. The molecule has 29 heavy (non-hydrogen) atoms. The van der Waals surface area contributed by atoms with Gasteiger partial charge < -0.3 is 9.73 Å².